The van der Waals surface area contributed by atoms with E-state index in [4.69, 9.17) is 0 Å². The predicted octanol–water partition coefficient (Wildman–Crippen LogP) is 1.49. The molecular weight excluding hydrogens is 296 g/mol. The number of anilines is 1. The largest absolute Gasteiger partial charge is 0.332 e. The standard InChI is InChI=1S/C16H22N4O3/c1-6-7-11(21)18-13-10(9(2)3)8-17-14-12(13)15(22)20(5)16(23)19(14)4/h8-9H,6-7H2,1-5H3,(H,17,18,21). The molecule has 0 radical (unpaired) electrons. The van der Waals surface area contributed by atoms with Gasteiger partial charge in [-0.2, -0.15) is 0 Å². The maximum absolute atomic E-state index is 12.6. The molecule has 2 rings (SSSR count). The third kappa shape index (κ3) is 2.91. The van der Waals surface area contributed by atoms with Crippen LogP contribution in [0.4, 0.5) is 5.69 Å². The maximum Gasteiger partial charge on any atom is 0.332 e. The van der Waals surface area contributed by atoms with Gasteiger partial charge in [0.2, 0.25) is 5.91 Å². The monoisotopic (exact) mass is 318 g/mol. The normalized spacial score (nSPS) is 11.2. The van der Waals surface area contributed by atoms with Crippen LogP contribution in [0.5, 0.6) is 0 Å². The van der Waals surface area contributed by atoms with Crippen molar-refractivity contribution >= 4 is 22.6 Å². The summed E-state index contributed by atoms with van der Waals surface area (Å²) in [5, 5.41) is 3.11. The Bertz CT molecular complexity index is 877. The van der Waals surface area contributed by atoms with Crippen molar-refractivity contribution in [3.63, 3.8) is 0 Å². The van der Waals surface area contributed by atoms with Gasteiger partial charge in [-0.3, -0.25) is 18.7 Å². The zero-order valence-corrected chi connectivity index (χ0v) is 14.1. The first kappa shape index (κ1) is 16.9. The van der Waals surface area contributed by atoms with Crippen LogP contribution in [-0.4, -0.2) is 20.0 Å². The number of carbonyl (C=O) groups is 1. The lowest BCUT2D eigenvalue weighted by Crippen LogP contribution is -2.38. The molecule has 2 heterocycles. The fourth-order valence-electron chi connectivity index (χ4n) is 2.54. The highest BCUT2D eigenvalue weighted by Gasteiger charge is 2.19. The Morgan fingerprint density at radius 2 is 1.91 bits per heavy atom. The number of rotatable bonds is 4. The third-order valence-electron chi connectivity index (χ3n) is 3.86. The summed E-state index contributed by atoms with van der Waals surface area (Å²) in [5.41, 5.74) is 0.606. The fourth-order valence-corrected chi connectivity index (χ4v) is 2.54. The van der Waals surface area contributed by atoms with Crippen molar-refractivity contribution in [1.82, 2.24) is 14.1 Å². The second-order valence-electron chi connectivity index (χ2n) is 5.95. The molecule has 124 valence electrons. The molecule has 1 N–H and O–H groups in total. The van der Waals surface area contributed by atoms with Gasteiger partial charge < -0.3 is 5.32 Å². The summed E-state index contributed by atoms with van der Waals surface area (Å²) in [6.07, 6.45) is 2.70. The lowest BCUT2D eigenvalue weighted by atomic mass is 10.0. The minimum atomic E-state index is -0.454. The number of carbonyl (C=O) groups excluding carboxylic acids is 1. The van der Waals surface area contributed by atoms with Crippen LogP contribution in [0.15, 0.2) is 15.8 Å². The molecule has 2 aromatic rings. The van der Waals surface area contributed by atoms with Crippen LogP contribution in [0.1, 0.15) is 45.1 Å². The second-order valence-corrected chi connectivity index (χ2v) is 5.95. The summed E-state index contributed by atoms with van der Waals surface area (Å²) in [7, 11) is 2.98. The maximum atomic E-state index is 12.6. The topological polar surface area (TPSA) is 86.0 Å². The number of aromatic nitrogens is 3. The summed E-state index contributed by atoms with van der Waals surface area (Å²) in [6.45, 7) is 5.84. The van der Waals surface area contributed by atoms with Crippen LogP contribution < -0.4 is 16.6 Å². The first-order valence-corrected chi connectivity index (χ1v) is 7.68. The molecule has 0 saturated heterocycles. The number of nitrogens with zero attached hydrogens (tertiary/aromatic N) is 3. The molecule has 0 spiro atoms. The molecule has 0 saturated carbocycles. The van der Waals surface area contributed by atoms with Gasteiger partial charge in [0, 0.05) is 26.7 Å². The van der Waals surface area contributed by atoms with Gasteiger partial charge in [0.1, 0.15) is 5.39 Å². The Morgan fingerprint density at radius 1 is 1.26 bits per heavy atom. The van der Waals surface area contributed by atoms with Gasteiger partial charge in [0.15, 0.2) is 5.65 Å². The zero-order valence-electron chi connectivity index (χ0n) is 14.1. The van der Waals surface area contributed by atoms with Crippen LogP contribution in [-0.2, 0) is 18.9 Å². The minimum Gasteiger partial charge on any atom is -0.325 e. The van der Waals surface area contributed by atoms with Crippen LogP contribution in [0.3, 0.4) is 0 Å². The predicted molar refractivity (Wildman–Crippen MR) is 89.9 cm³/mol. The molecular formula is C16H22N4O3. The number of pyridine rings is 1. The molecule has 23 heavy (non-hydrogen) atoms. The molecule has 0 fully saturated rings. The number of aryl methyl sites for hydroxylation is 1. The molecule has 0 unspecified atom stereocenters. The molecule has 0 aliphatic heterocycles. The number of fused-ring (bicyclic) bond motifs is 1. The van der Waals surface area contributed by atoms with Gasteiger partial charge in [-0.25, -0.2) is 9.78 Å². The Morgan fingerprint density at radius 3 is 2.48 bits per heavy atom. The number of amides is 1. The number of hydrogen-bond acceptors (Lipinski definition) is 4. The van der Waals surface area contributed by atoms with Crippen LogP contribution >= 0.6 is 0 Å². The van der Waals surface area contributed by atoms with Crippen molar-refractivity contribution in [2.24, 2.45) is 14.1 Å². The smallest absolute Gasteiger partial charge is 0.325 e. The summed E-state index contributed by atoms with van der Waals surface area (Å²) < 4.78 is 2.35. The summed E-state index contributed by atoms with van der Waals surface area (Å²) >= 11 is 0. The van der Waals surface area contributed by atoms with Crippen LogP contribution in [0.2, 0.25) is 0 Å². The quantitative estimate of drug-likeness (QED) is 0.925. The van der Waals surface area contributed by atoms with E-state index in [1.807, 2.05) is 20.8 Å². The number of hydrogen-bond donors (Lipinski definition) is 1. The van der Waals surface area contributed by atoms with E-state index in [1.54, 1.807) is 13.2 Å². The fraction of sp³-hybridized carbons (Fsp3) is 0.500. The van der Waals surface area contributed by atoms with Crippen molar-refractivity contribution < 1.29 is 4.79 Å². The van der Waals surface area contributed by atoms with Gasteiger partial charge in [0.05, 0.1) is 5.69 Å². The van der Waals surface area contributed by atoms with Crippen LogP contribution in [0.25, 0.3) is 11.0 Å². The average Bonchev–Trinajstić information content (AvgIpc) is 2.50. The summed E-state index contributed by atoms with van der Waals surface area (Å²) in [4.78, 5) is 41.0. The van der Waals surface area contributed by atoms with E-state index in [2.05, 4.69) is 10.3 Å². The highest BCUT2D eigenvalue weighted by atomic mass is 16.2. The molecule has 0 aliphatic carbocycles. The highest BCUT2D eigenvalue weighted by molar-refractivity contribution is 6.01. The van der Waals surface area contributed by atoms with E-state index in [9.17, 15) is 14.4 Å². The Balaban J connectivity index is 2.89. The molecule has 1 amide bonds. The molecule has 0 aliphatic rings. The van der Waals surface area contributed by atoms with Crippen molar-refractivity contribution in [3.05, 3.63) is 32.6 Å². The first-order valence-electron chi connectivity index (χ1n) is 7.68. The second kappa shape index (κ2) is 6.36. The number of nitrogens with one attached hydrogen (secondary N) is 1. The molecule has 7 nitrogen and oxygen atoms in total. The zero-order chi connectivity index (χ0) is 17.3. The molecule has 0 atom stereocenters. The minimum absolute atomic E-state index is 0.0748. The Labute approximate surface area is 134 Å². The van der Waals surface area contributed by atoms with Crippen molar-refractivity contribution in [1.29, 1.82) is 0 Å². The van der Waals surface area contributed by atoms with E-state index in [-0.39, 0.29) is 22.9 Å². The van der Waals surface area contributed by atoms with Gasteiger partial charge in [-0.05, 0) is 17.9 Å². The molecule has 0 bridgehead atoms. The van der Waals surface area contributed by atoms with Crippen molar-refractivity contribution in [2.75, 3.05) is 5.32 Å². The van der Waals surface area contributed by atoms with E-state index < -0.39 is 11.2 Å². The van der Waals surface area contributed by atoms with Gasteiger partial charge in [-0.15, -0.1) is 0 Å². The SMILES string of the molecule is CCCC(=O)Nc1c(C(C)C)cnc2c1c(=O)n(C)c(=O)n2C. The average molecular weight is 318 g/mol. The van der Waals surface area contributed by atoms with E-state index >= 15 is 0 Å². The highest BCUT2D eigenvalue weighted by Crippen LogP contribution is 2.28. The first-order chi connectivity index (χ1) is 10.8. The van der Waals surface area contributed by atoms with Gasteiger partial charge in [0.25, 0.3) is 5.56 Å². The van der Waals surface area contributed by atoms with Crippen molar-refractivity contribution in [2.45, 2.75) is 39.5 Å². The Hall–Kier alpha value is -2.44. The van der Waals surface area contributed by atoms with Gasteiger partial charge in [-0.1, -0.05) is 20.8 Å². The summed E-state index contributed by atoms with van der Waals surface area (Å²) in [5.74, 6) is -0.0800. The molecule has 7 heteroatoms. The lowest BCUT2D eigenvalue weighted by molar-refractivity contribution is -0.116. The lowest BCUT2D eigenvalue weighted by Gasteiger charge is -2.17. The van der Waals surface area contributed by atoms with Crippen molar-refractivity contribution in [3.8, 4) is 0 Å². The third-order valence-corrected chi connectivity index (χ3v) is 3.86. The van der Waals surface area contributed by atoms with E-state index in [0.717, 1.165) is 10.1 Å². The van der Waals surface area contributed by atoms with E-state index in [0.29, 0.717) is 18.5 Å². The summed E-state index contributed by atoms with van der Waals surface area (Å²) in [6, 6.07) is 0. The molecule has 0 aromatic carbocycles. The van der Waals surface area contributed by atoms with Crippen LogP contribution in [0, 0.1) is 0 Å². The van der Waals surface area contributed by atoms with E-state index in [1.165, 1.54) is 11.6 Å². The Kier molecular flexibility index (Phi) is 4.68. The van der Waals surface area contributed by atoms with Gasteiger partial charge >= 0.3 is 5.69 Å². The molecule has 2 aromatic heterocycles.